The fourth-order valence-electron chi connectivity index (χ4n) is 2.54. The van der Waals surface area contributed by atoms with Crippen molar-refractivity contribution in [2.24, 2.45) is 0 Å². The largest absolute Gasteiger partial charge is 0.494 e. The standard InChI is InChI=1S/C21H28N2OS/c1-4-24-20-13-11-19(12-14-20)23-21(25)22-15-5-6-17-7-9-18(10-8-17)16(2)3/h7-14,16H,4-6,15H2,1-3H3,(H2,22,23,25). The molecule has 0 amide bonds. The van der Waals surface area contributed by atoms with Crippen molar-refractivity contribution in [2.75, 3.05) is 18.5 Å². The van der Waals surface area contributed by atoms with Crippen LogP contribution in [-0.4, -0.2) is 18.3 Å². The molecule has 0 saturated carbocycles. The number of ether oxygens (including phenoxy) is 1. The minimum atomic E-state index is 0.585. The highest BCUT2D eigenvalue weighted by Crippen LogP contribution is 2.16. The molecule has 2 aromatic carbocycles. The molecule has 0 saturated heterocycles. The number of hydrogen-bond acceptors (Lipinski definition) is 2. The molecule has 4 heteroatoms. The van der Waals surface area contributed by atoms with E-state index < -0.39 is 0 Å². The molecule has 0 bridgehead atoms. The predicted molar refractivity (Wildman–Crippen MR) is 111 cm³/mol. The van der Waals surface area contributed by atoms with Crippen LogP contribution in [0, 0.1) is 0 Å². The number of rotatable bonds is 8. The lowest BCUT2D eigenvalue weighted by atomic mass is 10.0. The van der Waals surface area contributed by atoms with Gasteiger partial charge in [-0.1, -0.05) is 38.1 Å². The van der Waals surface area contributed by atoms with Gasteiger partial charge in [0.15, 0.2) is 5.11 Å². The van der Waals surface area contributed by atoms with Crippen molar-refractivity contribution in [3.8, 4) is 5.75 Å². The summed E-state index contributed by atoms with van der Waals surface area (Å²) in [4.78, 5) is 0. The van der Waals surface area contributed by atoms with Gasteiger partial charge in [-0.2, -0.15) is 0 Å². The molecule has 0 atom stereocenters. The Bertz CT molecular complexity index is 651. The molecule has 0 spiro atoms. The number of hydrogen-bond donors (Lipinski definition) is 2. The lowest BCUT2D eigenvalue weighted by Gasteiger charge is -2.11. The Morgan fingerprint density at radius 1 is 1.04 bits per heavy atom. The summed E-state index contributed by atoms with van der Waals surface area (Å²) in [6, 6.07) is 16.7. The molecule has 0 radical (unpaired) electrons. The summed E-state index contributed by atoms with van der Waals surface area (Å²) in [5, 5.41) is 7.11. The fraction of sp³-hybridized carbons (Fsp3) is 0.381. The maximum absolute atomic E-state index is 5.43. The number of benzene rings is 2. The van der Waals surface area contributed by atoms with Gasteiger partial charge in [0, 0.05) is 12.2 Å². The SMILES string of the molecule is CCOc1ccc(NC(=S)NCCCc2ccc(C(C)C)cc2)cc1. The van der Waals surface area contributed by atoms with Crippen LogP contribution >= 0.6 is 12.2 Å². The van der Waals surface area contributed by atoms with Gasteiger partial charge >= 0.3 is 0 Å². The lowest BCUT2D eigenvalue weighted by Crippen LogP contribution is -2.29. The predicted octanol–water partition coefficient (Wildman–Crippen LogP) is 5.13. The van der Waals surface area contributed by atoms with Gasteiger partial charge in [-0.25, -0.2) is 0 Å². The summed E-state index contributed by atoms with van der Waals surface area (Å²) in [7, 11) is 0. The normalized spacial score (nSPS) is 10.6. The zero-order valence-corrected chi connectivity index (χ0v) is 16.2. The maximum Gasteiger partial charge on any atom is 0.170 e. The smallest absolute Gasteiger partial charge is 0.170 e. The van der Waals surface area contributed by atoms with Crippen LogP contribution in [0.15, 0.2) is 48.5 Å². The maximum atomic E-state index is 5.43. The molecule has 2 rings (SSSR count). The first-order chi connectivity index (χ1) is 12.1. The van der Waals surface area contributed by atoms with E-state index in [1.165, 1.54) is 11.1 Å². The van der Waals surface area contributed by atoms with Crippen molar-refractivity contribution in [1.82, 2.24) is 5.32 Å². The fourth-order valence-corrected chi connectivity index (χ4v) is 2.76. The topological polar surface area (TPSA) is 33.3 Å². The Hall–Kier alpha value is -2.07. The minimum Gasteiger partial charge on any atom is -0.494 e. The van der Waals surface area contributed by atoms with E-state index in [1.807, 2.05) is 31.2 Å². The highest BCUT2D eigenvalue weighted by Gasteiger charge is 2.01. The molecular weight excluding hydrogens is 328 g/mol. The zero-order chi connectivity index (χ0) is 18.1. The van der Waals surface area contributed by atoms with Gasteiger partial charge in [-0.15, -0.1) is 0 Å². The van der Waals surface area contributed by atoms with Crippen molar-refractivity contribution >= 4 is 23.0 Å². The molecular formula is C21H28N2OS. The van der Waals surface area contributed by atoms with E-state index in [0.717, 1.165) is 30.8 Å². The van der Waals surface area contributed by atoms with Crippen LogP contribution in [0.1, 0.15) is 44.2 Å². The Morgan fingerprint density at radius 2 is 1.72 bits per heavy atom. The van der Waals surface area contributed by atoms with Crippen LogP contribution in [0.3, 0.4) is 0 Å². The highest BCUT2D eigenvalue weighted by atomic mass is 32.1. The third kappa shape index (κ3) is 6.75. The summed E-state index contributed by atoms with van der Waals surface area (Å²) in [6.07, 6.45) is 2.10. The number of anilines is 1. The molecule has 25 heavy (non-hydrogen) atoms. The molecule has 0 fully saturated rings. The summed E-state index contributed by atoms with van der Waals surface area (Å²) in [5.41, 5.74) is 3.73. The molecule has 3 nitrogen and oxygen atoms in total. The average molecular weight is 357 g/mol. The van der Waals surface area contributed by atoms with Crippen molar-refractivity contribution in [3.05, 3.63) is 59.7 Å². The third-order valence-corrected chi connectivity index (χ3v) is 4.24. The van der Waals surface area contributed by atoms with E-state index in [1.54, 1.807) is 0 Å². The number of aryl methyl sites for hydroxylation is 1. The average Bonchev–Trinajstić information content (AvgIpc) is 2.61. The van der Waals surface area contributed by atoms with Crippen molar-refractivity contribution < 1.29 is 4.74 Å². The first kappa shape index (κ1) is 19.3. The van der Waals surface area contributed by atoms with E-state index in [-0.39, 0.29) is 0 Å². The van der Waals surface area contributed by atoms with Crippen LogP contribution in [0.5, 0.6) is 5.75 Å². The van der Waals surface area contributed by atoms with Gasteiger partial charge in [0.25, 0.3) is 0 Å². The molecule has 0 heterocycles. The molecule has 0 aliphatic carbocycles. The monoisotopic (exact) mass is 356 g/mol. The Kier molecular flexibility index (Phi) is 7.74. The number of nitrogens with one attached hydrogen (secondary N) is 2. The van der Waals surface area contributed by atoms with Crippen molar-refractivity contribution in [1.29, 1.82) is 0 Å². The van der Waals surface area contributed by atoms with E-state index in [0.29, 0.717) is 17.6 Å². The van der Waals surface area contributed by atoms with E-state index >= 15 is 0 Å². The summed E-state index contributed by atoms with van der Waals surface area (Å²) >= 11 is 5.34. The van der Waals surface area contributed by atoms with Gasteiger partial charge in [0.05, 0.1) is 6.61 Å². The van der Waals surface area contributed by atoms with Gasteiger partial charge in [0.1, 0.15) is 5.75 Å². The van der Waals surface area contributed by atoms with E-state index in [4.69, 9.17) is 17.0 Å². The second-order valence-electron chi connectivity index (χ2n) is 6.34. The molecule has 2 aromatic rings. The Morgan fingerprint density at radius 3 is 2.32 bits per heavy atom. The van der Waals surface area contributed by atoms with Crippen LogP contribution < -0.4 is 15.4 Å². The zero-order valence-electron chi connectivity index (χ0n) is 15.3. The lowest BCUT2D eigenvalue weighted by molar-refractivity contribution is 0.340. The first-order valence-electron chi connectivity index (χ1n) is 8.95. The Labute approximate surface area is 156 Å². The van der Waals surface area contributed by atoms with Crippen LogP contribution in [-0.2, 0) is 6.42 Å². The molecule has 0 aliphatic rings. The molecule has 0 aliphatic heterocycles. The first-order valence-corrected chi connectivity index (χ1v) is 9.36. The van der Waals surface area contributed by atoms with E-state index in [2.05, 4.69) is 48.7 Å². The van der Waals surface area contributed by atoms with Crippen molar-refractivity contribution in [2.45, 2.75) is 39.5 Å². The number of thiocarbonyl (C=S) groups is 1. The summed E-state index contributed by atoms with van der Waals surface area (Å²) in [6.45, 7) is 7.94. The van der Waals surface area contributed by atoms with Gasteiger partial charge in [-0.3, -0.25) is 0 Å². The summed E-state index contributed by atoms with van der Waals surface area (Å²) in [5.74, 6) is 1.46. The minimum absolute atomic E-state index is 0.585. The van der Waals surface area contributed by atoms with Crippen molar-refractivity contribution in [3.63, 3.8) is 0 Å². The molecule has 0 aromatic heterocycles. The second kappa shape index (κ2) is 10.0. The highest BCUT2D eigenvalue weighted by molar-refractivity contribution is 7.80. The third-order valence-electron chi connectivity index (χ3n) is 4.00. The molecule has 2 N–H and O–H groups in total. The van der Waals surface area contributed by atoms with E-state index in [9.17, 15) is 0 Å². The Balaban J connectivity index is 1.68. The van der Waals surface area contributed by atoms with Crippen LogP contribution in [0.4, 0.5) is 5.69 Å². The quantitative estimate of drug-likeness (QED) is 0.507. The van der Waals surface area contributed by atoms with Crippen LogP contribution in [0.2, 0.25) is 0 Å². The molecule has 0 unspecified atom stereocenters. The van der Waals surface area contributed by atoms with Gasteiger partial charge in [-0.05, 0) is 73.3 Å². The summed E-state index contributed by atoms with van der Waals surface area (Å²) < 4.78 is 5.43. The second-order valence-corrected chi connectivity index (χ2v) is 6.75. The van der Waals surface area contributed by atoms with Crippen LogP contribution in [0.25, 0.3) is 0 Å². The van der Waals surface area contributed by atoms with Gasteiger partial charge < -0.3 is 15.4 Å². The van der Waals surface area contributed by atoms with Gasteiger partial charge in [0.2, 0.25) is 0 Å². The molecule has 134 valence electrons.